The van der Waals surface area contributed by atoms with Crippen molar-refractivity contribution in [3.8, 4) is 11.4 Å². The van der Waals surface area contributed by atoms with Crippen molar-refractivity contribution in [1.82, 2.24) is 14.2 Å². The van der Waals surface area contributed by atoms with Crippen LogP contribution in [0.5, 0.6) is 5.75 Å². The van der Waals surface area contributed by atoms with Gasteiger partial charge in [0.2, 0.25) is 0 Å². The average Bonchev–Trinajstić information content (AvgIpc) is 3.35. The molecule has 0 radical (unpaired) electrons. The molecular formula is C29H24F6N4O5. The number of hydrogen-bond acceptors (Lipinski definition) is 5. The molecule has 3 aromatic carbocycles. The van der Waals surface area contributed by atoms with Crippen LogP contribution in [0, 0.1) is 0 Å². The van der Waals surface area contributed by atoms with Crippen LogP contribution in [-0.2, 0) is 18.9 Å². The van der Waals surface area contributed by atoms with E-state index >= 15 is 0 Å². The van der Waals surface area contributed by atoms with E-state index < -0.39 is 58.3 Å². The summed E-state index contributed by atoms with van der Waals surface area (Å²) in [5, 5.41) is 0. The van der Waals surface area contributed by atoms with Crippen LogP contribution in [0.25, 0.3) is 5.69 Å². The molecular weight excluding hydrogens is 598 g/mol. The van der Waals surface area contributed by atoms with E-state index in [2.05, 4.69) is 0 Å². The normalized spacial score (nSPS) is 16.9. The van der Waals surface area contributed by atoms with Gasteiger partial charge >= 0.3 is 29.8 Å². The third-order valence-corrected chi connectivity index (χ3v) is 7.35. The van der Waals surface area contributed by atoms with Gasteiger partial charge in [0.05, 0.1) is 29.5 Å². The Morgan fingerprint density at radius 2 is 1.36 bits per heavy atom. The number of alkyl halides is 6. The third kappa shape index (κ3) is 5.33. The summed E-state index contributed by atoms with van der Waals surface area (Å²) in [6.45, 7) is 2.95. The fourth-order valence-corrected chi connectivity index (χ4v) is 5.13. The number of benzene rings is 3. The number of urea groups is 1. The summed E-state index contributed by atoms with van der Waals surface area (Å²) in [7, 11) is 1.47. The summed E-state index contributed by atoms with van der Waals surface area (Å²) in [6, 6.07) is 13.0. The Labute approximate surface area is 245 Å². The second kappa shape index (κ2) is 10.6. The maximum atomic E-state index is 14.0. The molecule has 1 aliphatic heterocycles. The molecule has 15 heteroatoms. The van der Waals surface area contributed by atoms with Crippen molar-refractivity contribution in [2.45, 2.75) is 44.4 Å². The number of nitrogens with zero attached hydrogens (tertiary/aromatic N) is 4. The van der Waals surface area contributed by atoms with E-state index in [4.69, 9.17) is 9.26 Å². The van der Waals surface area contributed by atoms with Gasteiger partial charge in [0.25, 0.3) is 0 Å². The number of anilines is 1. The number of ether oxygens (including phenoxy) is 1. The molecule has 1 aromatic heterocycles. The van der Waals surface area contributed by atoms with Gasteiger partial charge in [-0.3, -0.25) is 4.90 Å². The van der Waals surface area contributed by atoms with Crippen LogP contribution in [0.15, 0.2) is 86.9 Å². The zero-order chi connectivity index (χ0) is 32.2. The molecule has 0 spiro atoms. The van der Waals surface area contributed by atoms with Crippen molar-refractivity contribution in [1.29, 1.82) is 0 Å². The topological polar surface area (TPSA) is 89.9 Å². The zero-order valence-corrected chi connectivity index (χ0v) is 23.3. The van der Waals surface area contributed by atoms with Crippen molar-refractivity contribution in [2.75, 3.05) is 12.0 Å². The van der Waals surface area contributed by atoms with E-state index in [0.717, 1.165) is 35.2 Å². The van der Waals surface area contributed by atoms with Gasteiger partial charge in [-0.25, -0.2) is 14.4 Å². The van der Waals surface area contributed by atoms with Crippen LogP contribution in [0.1, 0.15) is 36.7 Å². The van der Waals surface area contributed by atoms with Gasteiger partial charge in [0.1, 0.15) is 5.75 Å². The third-order valence-electron chi connectivity index (χ3n) is 7.35. The molecule has 1 aliphatic rings. The average molecular weight is 623 g/mol. The summed E-state index contributed by atoms with van der Waals surface area (Å²) in [4.78, 5) is 42.8. The Hall–Kier alpha value is -4.95. The Kier molecular flexibility index (Phi) is 7.38. The summed E-state index contributed by atoms with van der Waals surface area (Å²) >= 11 is 0. The maximum Gasteiger partial charge on any atom is 0.447 e. The maximum absolute atomic E-state index is 14.0. The lowest BCUT2D eigenvalue weighted by Crippen LogP contribution is -2.46. The lowest BCUT2D eigenvalue weighted by Gasteiger charge is -2.34. The number of halogens is 6. The minimum absolute atomic E-state index is 0.0743. The number of amides is 2. The van der Waals surface area contributed by atoms with Crippen LogP contribution in [0.3, 0.4) is 0 Å². The number of carbonyl (C=O) groups is 1. The molecule has 2 amide bonds. The van der Waals surface area contributed by atoms with Gasteiger partial charge in [-0.15, -0.1) is 4.74 Å². The zero-order valence-electron chi connectivity index (χ0n) is 23.3. The van der Waals surface area contributed by atoms with Crippen molar-refractivity contribution in [3.63, 3.8) is 0 Å². The van der Waals surface area contributed by atoms with Crippen LogP contribution in [0.4, 0.5) is 36.8 Å². The van der Waals surface area contributed by atoms with Gasteiger partial charge < -0.3 is 14.2 Å². The predicted molar refractivity (Wildman–Crippen MR) is 145 cm³/mol. The Bertz CT molecular complexity index is 1820. The highest BCUT2D eigenvalue weighted by atomic mass is 19.4. The molecule has 5 rings (SSSR count). The van der Waals surface area contributed by atoms with Gasteiger partial charge in [0, 0.05) is 12.2 Å². The highest BCUT2D eigenvalue weighted by molar-refractivity contribution is 5.95. The Morgan fingerprint density at radius 1 is 0.818 bits per heavy atom. The van der Waals surface area contributed by atoms with E-state index in [1.54, 1.807) is 24.3 Å². The SMILES string of the molecule is COc1ccc(CN2C(=O)N(c3cccc(C(F)(F)F)c3)[C@H](n3oc(=O)n(-c4cccc(C(F)(F)F)c4)c3=O)C2(C)C)cc1. The largest absolute Gasteiger partial charge is 0.497 e. The Balaban J connectivity index is 1.68. The molecule has 4 aromatic rings. The lowest BCUT2D eigenvalue weighted by atomic mass is 9.99. The van der Waals surface area contributed by atoms with E-state index in [9.17, 15) is 40.7 Å². The van der Waals surface area contributed by atoms with Crippen LogP contribution in [0.2, 0.25) is 0 Å². The Morgan fingerprint density at radius 3 is 1.91 bits per heavy atom. The van der Waals surface area contributed by atoms with Gasteiger partial charge in [-0.05, 0) is 67.9 Å². The second-order valence-corrected chi connectivity index (χ2v) is 10.5. The summed E-state index contributed by atoms with van der Waals surface area (Å²) in [5.41, 5.74) is -5.02. The first-order valence-electron chi connectivity index (χ1n) is 13.0. The lowest BCUT2D eigenvalue weighted by molar-refractivity contribution is -0.138. The number of hydrogen-bond donors (Lipinski definition) is 0. The number of aromatic nitrogens is 2. The highest BCUT2D eigenvalue weighted by Gasteiger charge is 2.55. The smallest absolute Gasteiger partial charge is 0.447 e. The fourth-order valence-electron chi connectivity index (χ4n) is 5.13. The molecule has 2 heterocycles. The predicted octanol–water partition coefficient (Wildman–Crippen LogP) is 6.06. The van der Waals surface area contributed by atoms with E-state index in [1.807, 2.05) is 0 Å². The standard InChI is InChI=1S/C29H24F6N4O5/c1-27(2)23(39-25(41)38(26(42)44-39)21-9-5-7-19(15-21)29(33,34)35)37(20-8-4-6-18(14-20)28(30,31)32)24(40)36(27)16-17-10-12-22(43-3)13-11-17/h4-15,23H,16H2,1-3H3/t23-/m1/s1. The molecule has 0 unspecified atom stereocenters. The number of carbonyl (C=O) groups excluding carboxylic acids is 1. The number of rotatable bonds is 6. The molecule has 44 heavy (non-hydrogen) atoms. The van der Waals surface area contributed by atoms with Gasteiger partial charge in [0.15, 0.2) is 6.17 Å². The minimum Gasteiger partial charge on any atom is -0.497 e. The molecule has 1 saturated heterocycles. The first-order chi connectivity index (χ1) is 20.5. The van der Waals surface area contributed by atoms with Crippen molar-refractivity contribution in [2.24, 2.45) is 0 Å². The van der Waals surface area contributed by atoms with Crippen LogP contribution in [-0.4, -0.2) is 32.9 Å². The van der Waals surface area contributed by atoms with Gasteiger partial charge in [-0.1, -0.05) is 24.3 Å². The first kappa shape index (κ1) is 30.5. The molecule has 232 valence electrons. The summed E-state index contributed by atoms with van der Waals surface area (Å²) in [5.74, 6) is -0.830. The molecule has 0 aliphatic carbocycles. The van der Waals surface area contributed by atoms with Crippen LogP contribution < -0.4 is 21.1 Å². The van der Waals surface area contributed by atoms with Crippen molar-refractivity contribution in [3.05, 3.63) is 111 Å². The monoisotopic (exact) mass is 622 g/mol. The van der Waals surface area contributed by atoms with E-state index in [-0.39, 0.29) is 12.2 Å². The first-order valence-corrected chi connectivity index (χ1v) is 13.0. The number of methoxy groups -OCH3 is 1. The molecule has 1 fully saturated rings. The fraction of sp³-hybridized carbons (Fsp3) is 0.276. The highest BCUT2D eigenvalue weighted by Crippen LogP contribution is 2.44. The van der Waals surface area contributed by atoms with Crippen molar-refractivity contribution < 1.29 is 40.4 Å². The van der Waals surface area contributed by atoms with Gasteiger partial charge in [-0.2, -0.15) is 30.9 Å². The molecule has 0 bridgehead atoms. The van der Waals surface area contributed by atoms with E-state index in [1.165, 1.54) is 31.9 Å². The molecule has 9 nitrogen and oxygen atoms in total. The summed E-state index contributed by atoms with van der Waals surface area (Å²) < 4.78 is 92.3. The van der Waals surface area contributed by atoms with Crippen molar-refractivity contribution >= 4 is 11.7 Å². The molecule has 1 atom stereocenters. The second-order valence-electron chi connectivity index (χ2n) is 10.5. The molecule has 0 saturated carbocycles. The van der Waals surface area contributed by atoms with E-state index in [0.29, 0.717) is 32.8 Å². The summed E-state index contributed by atoms with van der Waals surface area (Å²) in [6.07, 6.45) is -11.1. The molecule has 0 N–H and O–H groups in total. The quantitative estimate of drug-likeness (QED) is 0.244. The van der Waals surface area contributed by atoms with Crippen LogP contribution >= 0.6 is 0 Å². The minimum atomic E-state index is -4.79.